The summed E-state index contributed by atoms with van der Waals surface area (Å²) in [5.41, 5.74) is 0. The van der Waals surface area contributed by atoms with Crippen molar-refractivity contribution in [2.24, 2.45) is 0 Å². The fourth-order valence-corrected chi connectivity index (χ4v) is 2.56. The van der Waals surface area contributed by atoms with E-state index >= 15 is 0 Å². The van der Waals surface area contributed by atoms with E-state index in [0.29, 0.717) is 17.9 Å². The number of nitrogens with one attached hydrogen (secondary N) is 1. The number of thiophene rings is 1. The monoisotopic (exact) mass is 301 g/mol. The van der Waals surface area contributed by atoms with Crippen molar-refractivity contribution in [2.45, 2.75) is 32.2 Å². The van der Waals surface area contributed by atoms with Crippen LogP contribution in [0.3, 0.4) is 0 Å². The number of allylic oxidation sites excluding steroid dienone is 1. The number of hydrogen-bond donors (Lipinski definition) is 2. The molecule has 0 fully saturated rings. The molecule has 0 radical (unpaired) electrons. The molecule has 1 atom stereocenters. The standard InChI is InChI=1S/C13H16ClNO3S/c1-2-3-4-11(13(17)18)15-12(16)6-5-10-7-9(14)8-19-10/h2-3,7-8,11H,4-6H2,1H3,(H,15,16)(H,17,18)/b3-2+. The van der Waals surface area contributed by atoms with E-state index in [-0.39, 0.29) is 12.3 Å². The van der Waals surface area contributed by atoms with Crippen molar-refractivity contribution in [3.05, 3.63) is 33.5 Å². The van der Waals surface area contributed by atoms with Crippen molar-refractivity contribution in [3.63, 3.8) is 0 Å². The summed E-state index contributed by atoms with van der Waals surface area (Å²) in [5, 5.41) is 14.0. The molecule has 0 bridgehead atoms. The maximum absolute atomic E-state index is 11.7. The zero-order valence-corrected chi connectivity index (χ0v) is 12.1. The summed E-state index contributed by atoms with van der Waals surface area (Å²) in [6.07, 6.45) is 4.60. The maximum atomic E-state index is 11.7. The fraction of sp³-hybridized carbons (Fsp3) is 0.385. The van der Waals surface area contributed by atoms with Gasteiger partial charge in [0.15, 0.2) is 0 Å². The lowest BCUT2D eigenvalue weighted by Crippen LogP contribution is -2.40. The molecular formula is C13H16ClNO3S. The second-order valence-corrected chi connectivity index (χ2v) is 5.43. The Balaban J connectivity index is 2.42. The number of hydrogen-bond acceptors (Lipinski definition) is 3. The summed E-state index contributed by atoms with van der Waals surface area (Å²) in [6, 6.07) is 0.948. The molecule has 0 saturated heterocycles. The Morgan fingerprint density at radius 3 is 2.84 bits per heavy atom. The van der Waals surface area contributed by atoms with Crippen molar-refractivity contribution in [1.82, 2.24) is 5.32 Å². The number of carboxylic acid groups (broad SMARTS) is 1. The van der Waals surface area contributed by atoms with Gasteiger partial charge in [-0.1, -0.05) is 23.8 Å². The molecule has 2 N–H and O–H groups in total. The molecule has 104 valence electrons. The topological polar surface area (TPSA) is 66.4 Å². The van der Waals surface area contributed by atoms with Gasteiger partial charge in [0.1, 0.15) is 6.04 Å². The molecule has 0 spiro atoms. The third-order valence-corrected chi connectivity index (χ3v) is 3.81. The third kappa shape index (κ3) is 5.89. The van der Waals surface area contributed by atoms with Gasteiger partial charge < -0.3 is 10.4 Å². The Bertz CT molecular complexity index is 470. The summed E-state index contributed by atoms with van der Waals surface area (Å²) < 4.78 is 0. The predicted octanol–water partition coefficient (Wildman–Crippen LogP) is 2.87. The molecular weight excluding hydrogens is 286 g/mol. The average molecular weight is 302 g/mol. The van der Waals surface area contributed by atoms with Gasteiger partial charge >= 0.3 is 5.97 Å². The second kappa shape index (κ2) is 7.96. The largest absolute Gasteiger partial charge is 0.480 e. The van der Waals surface area contributed by atoms with Crippen molar-refractivity contribution < 1.29 is 14.7 Å². The number of carbonyl (C=O) groups is 2. The van der Waals surface area contributed by atoms with Crippen LogP contribution in [0.2, 0.25) is 5.02 Å². The highest BCUT2D eigenvalue weighted by Crippen LogP contribution is 2.20. The number of aliphatic carboxylic acids is 1. The number of rotatable bonds is 7. The van der Waals surface area contributed by atoms with Gasteiger partial charge in [0, 0.05) is 16.7 Å². The second-order valence-electron chi connectivity index (χ2n) is 3.99. The summed E-state index contributed by atoms with van der Waals surface area (Å²) in [7, 11) is 0. The van der Waals surface area contributed by atoms with E-state index in [9.17, 15) is 9.59 Å². The Hall–Kier alpha value is -1.33. The molecule has 1 rings (SSSR count). The molecule has 1 heterocycles. The van der Waals surface area contributed by atoms with Gasteiger partial charge in [0.25, 0.3) is 0 Å². The van der Waals surface area contributed by atoms with E-state index < -0.39 is 12.0 Å². The van der Waals surface area contributed by atoms with Crippen molar-refractivity contribution in [1.29, 1.82) is 0 Å². The highest BCUT2D eigenvalue weighted by molar-refractivity contribution is 7.10. The van der Waals surface area contributed by atoms with Crippen LogP contribution in [0.1, 0.15) is 24.6 Å². The average Bonchev–Trinajstić information content (AvgIpc) is 2.77. The Kier molecular flexibility index (Phi) is 6.59. The normalized spacial score (nSPS) is 12.5. The van der Waals surface area contributed by atoms with Crippen molar-refractivity contribution in [2.75, 3.05) is 0 Å². The minimum atomic E-state index is -1.02. The van der Waals surface area contributed by atoms with Gasteiger partial charge in [-0.05, 0) is 25.8 Å². The van der Waals surface area contributed by atoms with E-state index in [1.54, 1.807) is 24.5 Å². The fourth-order valence-electron chi connectivity index (χ4n) is 1.48. The molecule has 0 aromatic carbocycles. The lowest BCUT2D eigenvalue weighted by atomic mass is 10.2. The number of aryl methyl sites for hydroxylation is 1. The molecule has 4 nitrogen and oxygen atoms in total. The van der Waals surface area contributed by atoms with Gasteiger partial charge in [-0.3, -0.25) is 4.79 Å². The van der Waals surface area contributed by atoms with E-state index in [1.165, 1.54) is 11.3 Å². The smallest absolute Gasteiger partial charge is 0.326 e. The Morgan fingerprint density at radius 1 is 1.58 bits per heavy atom. The maximum Gasteiger partial charge on any atom is 0.326 e. The number of carbonyl (C=O) groups excluding carboxylic acids is 1. The molecule has 0 aliphatic rings. The van der Waals surface area contributed by atoms with Crippen LogP contribution in [0, 0.1) is 0 Å². The van der Waals surface area contributed by atoms with Crippen LogP contribution in [-0.2, 0) is 16.0 Å². The van der Waals surface area contributed by atoms with Gasteiger partial charge in [0.05, 0.1) is 5.02 Å². The summed E-state index contributed by atoms with van der Waals surface area (Å²) in [4.78, 5) is 23.6. The highest BCUT2D eigenvalue weighted by Gasteiger charge is 2.18. The van der Waals surface area contributed by atoms with Crippen molar-refractivity contribution in [3.8, 4) is 0 Å². The molecule has 1 amide bonds. The predicted molar refractivity (Wildman–Crippen MR) is 76.6 cm³/mol. The van der Waals surface area contributed by atoms with Crippen LogP contribution in [-0.4, -0.2) is 23.0 Å². The van der Waals surface area contributed by atoms with E-state index in [4.69, 9.17) is 16.7 Å². The first-order valence-corrected chi connectivity index (χ1v) is 7.15. The molecule has 0 aliphatic heterocycles. The zero-order chi connectivity index (χ0) is 14.3. The SMILES string of the molecule is C/C=C/CC(NC(=O)CCc1cc(Cl)cs1)C(=O)O. The Morgan fingerprint density at radius 2 is 2.32 bits per heavy atom. The molecule has 1 unspecified atom stereocenters. The zero-order valence-electron chi connectivity index (χ0n) is 10.6. The first kappa shape index (κ1) is 15.7. The molecule has 1 aromatic heterocycles. The third-order valence-electron chi connectivity index (χ3n) is 2.46. The van der Waals surface area contributed by atoms with E-state index in [0.717, 1.165) is 4.88 Å². The van der Waals surface area contributed by atoms with E-state index in [1.807, 2.05) is 6.07 Å². The number of carboxylic acids is 1. The molecule has 0 aliphatic carbocycles. The van der Waals surface area contributed by atoms with Crippen LogP contribution in [0.5, 0.6) is 0 Å². The minimum Gasteiger partial charge on any atom is -0.480 e. The number of halogens is 1. The van der Waals surface area contributed by atoms with E-state index in [2.05, 4.69) is 5.32 Å². The minimum absolute atomic E-state index is 0.260. The molecule has 1 aromatic rings. The molecule has 0 saturated carbocycles. The summed E-state index contributed by atoms with van der Waals surface area (Å²) in [5.74, 6) is -1.29. The van der Waals surface area contributed by atoms with Crippen molar-refractivity contribution >= 4 is 34.8 Å². The number of amides is 1. The summed E-state index contributed by atoms with van der Waals surface area (Å²) in [6.45, 7) is 1.81. The first-order chi connectivity index (χ1) is 9.02. The lowest BCUT2D eigenvalue weighted by molar-refractivity contribution is -0.141. The van der Waals surface area contributed by atoms with Crippen LogP contribution >= 0.6 is 22.9 Å². The summed E-state index contributed by atoms with van der Waals surface area (Å²) >= 11 is 7.27. The quantitative estimate of drug-likeness (QED) is 0.761. The van der Waals surface area contributed by atoms with Crippen LogP contribution in [0.15, 0.2) is 23.6 Å². The van der Waals surface area contributed by atoms with Gasteiger partial charge in [-0.25, -0.2) is 4.79 Å². The van der Waals surface area contributed by atoms with Crippen LogP contribution in [0.4, 0.5) is 0 Å². The van der Waals surface area contributed by atoms with Gasteiger partial charge in [-0.2, -0.15) is 0 Å². The lowest BCUT2D eigenvalue weighted by Gasteiger charge is -2.12. The first-order valence-electron chi connectivity index (χ1n) is 5.89. The highest BCUT2D eigenvalue weighted by atomic mass is 35.5. The Labute approximate surface area is 121 Å². The molecule has 6 heteroatoms. The van der Waals surface area contributed by atoms with Gasteiger partial charge in [-0.15, -0.1) is 11.3 Å². The van der Waals surface area contributed by atoms with Crippen LogP contribution < -0.4 is 5.32 Å². The van der Waals surface area contributed by atoms with Gasteiger partial charge in [0.2, 0.25) is 5.91 Å². The molecule has 19 heavy (non-hydrogen) atoms. The van der Waals surface area contributed by atoms with Crippen LogP contribution in [0.25, 0.3) is 0 Å².